The number of hydrogen-bond donors (Lipinski definition) is 1. The molecular formula is C17H19FN2O4. The fraction of sp³-hybridized carbons (Fsp3) is 0.353. The number of carbonyl (C=O) groups is 3. The Bertz CT molecular complexity index is 662. The Morgan fingerprint density at radius 2 is 2.21 bits per heavy atom. The molecule has 2 amide bonds. The number of nitrogens with one attached hydrogen (secondary N) is 1. The molecule has 1 aromatic carbocycles. The quantitative estimate of drug-likeness (QED) is 0.630. The molecule has 1 N–H and O–H groups in total. The van der Waals surface area contributed by atoms with Crippen LogP contribution in [0.2, 0.25) is 0 Å². The molecule has 1 aromatic rings. The van der Waals surface area contributed by atoms with Gasteiger partial charge in [0.25, 0.3) is 5.91 Å². The minimum atomic E-state index is -0.977. The molecule has 0 aliphatic carbocycles. The Morgan fingerprint density at radius 3 is 2.88 bits per heavy atom. The van der Waals surface area contributed by atoms with Crippen molar-refractivity contribution in [3.05, 3.63) is 42.7 Å². The summed E-state index contributed by atoms with van der Waals surface area (Å²) in [5.41, 5.74) is 0.134. The van der Waals surface area contributed by atoms with Crippen molar-refractivity contribution in [3.63, 3.8) is 0 Å². The van der Waals surface area contributed by atoms with Crippen LogP contribution in [-0.4, -0.2) is 37.0 Å². The number of rotatable bonds is 6. The Kier molecular flexibility index (Phi) is 5.68. The van der Waals surface area contributed by atoms with E-state index in [1.807, 2.05) is 0 Å². The number of anilines is 1. The average molecular weight is 334 g/mol. The number of carbonyl (C=O) groups excluding carboxylic acids is 3. The summed E-state index contributed by atoms with van der Waals surface area (Å²) in [6, 6.07) is 5.87. The summed E-state index contributed by atoms with van der Waals surface area (Å²) in [6.07, 6.45) is 0.456. The van der Waals surface area contributed by atoms with Crippen LogP contribution in [0.5, 0.6) is 0 Å². The van der Waals surface area contributed by atoms with Gasteiger partial charge < -0.3 is 15.0 Å². The molecule has 2 atom stereocenters. The molecular weight excluding hydrogens is 315 g/mol. The molecule has 1 saturated heterocycles. The molecule has 7 heteroatoms. The van der Waals surface area contributed by atoms with Gasteiger partial charge in [-0.3, -0.25) is 14.4 Å². The summed E-state index contributed by atoms with van der Waals surface area (Å²) in [5.74, 6) is -2.71. The summed E-state index contributed by atoms with van der Waals surface area (Å²) < 4.78 is 18.9. The maximum Gasteiger partial charge on any atom is 0.312 e. The van der Waals surface area contributed by atoms with Crippen molar-refractivity contribution in [2.24, 2.45) is 5.92 Å². The molecule has 0 bridgehead atoms. The topological polar surface area (TPSA) is 75.7 Å². The van der Waals surface area contributed by atoms with Gasteiger partial charge in [-0.25, -0.2) is 4.39 Å². The highest BCUT2D eigenvalue weighted by atomic mass is 19.1. The van der Waals surface area contributed by atoms with Crippen molar-refractivity contribution in [2.75, 3.05) is 18.0 Å². The summed E-state index contributed by atoms with van der Waals surface area (Å²) in [6.45, 7) is 5.21. The number of esters is 1. The molecule has 0 aromatic heterocycles. The second kappa shape index (κ2) is 7.72. The maximum absolute atomic E-state index is 13.8. The van der Waals surface area contributed by atoms with E-state index in [2.05, 4.69) is 11.9 Å². The van der Waals surface area contributed by atoms with Crippen molar-refractivity contribution in [2.45, 2.75) is 19.4 Å². The maximum atomic E-state index is 13.8. The second-order valence-electron chi connectivity index (χ2n) is 5.47. The van der Waals surface area contributed by atoms with Crippen molar-refractivity contribution in [1.29, 1.82) is 0 Å². The Hall–Kier alpha value is -2.70. The second-order valence-corrected chi connectivity index (χ2v) is 5.47. The Morgan fingerprint density at radius 1 is 1.50 bits per heavy atom. The lowest BCUT2D eigenvalue weighted by Crippen LogP contribution is -2.37. The summed E-state index contributed by atoms with van der Waals surface area (Å²) in [5, 5.41) is 2.52. The van der Waals surface area contributed by atoms with E-state index in [1.54, 1.807) is 6.07 Å². The van der Waals surface area contributed by atoms with Crippen LogP contribution in [0.15, 0.2) is 36.9 Å². The lowest BCUT2D eigenvalue weighted by molar-refractivity contribution is -0.158. The van der Waals surface area contributed by atoms with E-state index in [-0.39, 0.29) is 31.1 Å². The summed E-state index contributed by atoms with van der Waals surface area (Å²) in [7, 11) is 0. The van der Waals surface area contributed by atoms with Gasteiger partial charge in [0.05, 0.1) is 11.6 Å². The summed E-state index contributed by atoms with van der Waals surface area (Å²) >= 11 is 0. The molecule has 24 heavy (non-hydrogen) atoms. The van der Waals surface area contributed by atoms with Gasteiger partial charge in [0.15, 0.2) is 6.10 Å². The molecule has 0 radical (unpaired) electrons. The van der Waals surface area contributed by atoms with Crippen LogP contribution in [0, 0.1) is 11.7 Å². The number of nitrogens with zero attached hydrogens (tertiary/aromatic N) is 1. The fourth-order valence-corrected chi connectivity index (χ4v) is 2.41. The van der Waals surface area contributed by atoms with Gasteiger partial charge in [-0.05, 0) is 19.1 Å². The van der Waals surface area contributed by atoms with Gasteiger partial charge in [-0.1, -0.05) is 18.2 Å². The highest BCUT2D eigenvalue weighted by molar-refractivity contribution is 5.99. The van der Waals surface area contributed by atoms with Gasteiger partial charge in [0, 0.05) is 19.5 Å². The highest BCUT2D eigenvalue weighted by Gasteiger charge is 2.38. The molecule has 128 valence electrons. The highest BCUT2D eigenvalue weighted by Crippen LogP contribution is 2.28. The largest absolute Gasteiger partial charge is 0.452 e. The van der Waals surface area contributed by atoms with Crippen LogP contribution in [0.25, 0.3) is 0 Å². The first-order chi connectivity index (χ1) is 11.4. The zero-order chi connectivity index (χ0) is 17.7. The molecule has 0 saturated carbocycles. The zero-order valence-electron chi connectivity index (χ0n) is 13.3. The van der Waals surface area contributed by atoms with Gasteiger partial charge in [-0.2, -0.15) is 0 Å². The number of halogens is 1. The minimum absolute atomic E-state index is 0.0274. The lowest BCUT2D eigenvalue weighted by Gasteiger charge is -2.18. The standard InChI is InChI=1S/C17H19FN2O4/c1-3-8-19-16(22)11(2)24-17(23)12-9-15(21)20(10-12)14-7-5-4-6-13(14)18/h3-7,11-12H,1,8-10H2,2H3,(H,19,22)/t11-,12-/m0/s1. The smallest absolute Gasteiger partial charge is 0.312 e. The van der Waals surface area contributed by atoms with Crippen molar-refractivity contribution >= 4 is 23.5 Å². The van der Waals surface area contributed by atoms with Crippen LogP contribution in [0.3, 0.4) is 0 Å². The van der Waals surface area contributed by atoms with Crippen LogP contribution in [0.4, 0.5) is 10.1 Å². The molecule has 0 spiro atoms. The number of benzene rings is 1. The van der Waals surface area contributed by atoms with Crippen LogP contribution in [0.1, 0.15) is 13.3 Å². The van der Waals surface area contributed by atoms with Crippen LogP contribution in [-0.2, 0) is 19.1 Å². The zero-order valence-corrected chi connectivity index (χ0v) is 13.3. The first kappa shape index (κ1) is 17.7. The molecule has 0 unspecified atom stereocenters. The van der Waals surface area contributed by atoms with Gasteiger partial charge in [0.2, 0.25) is 5.91 Å². The minimum Gasteiger partial charge on any atom is -0.452 e. The first-order valence-electron chi connectivity index (χ1n) is 7.58. The van der Waals surface area contributed by atoms with Crippen LogP contribution >= 0.6 is 0 Å². The van der Waals surface area contributed by atoms with E-state index in [4.69, 9.17) is 4.74 Å². The number of hydrogen-bond acceptors (Lipinski definition) is 4. The molecule has 2 rings (SSSR count). The van der Waals surface area contributed by atoms with E-state index in [1.165, 1.54) is 36.1 Å². The van der Waals surface area contributed by atoms with Gasteiger partial charge in [0.1, 0.15) is 5.82 Å². The van der Waals surface area contributed by atoms with Crippen molar-refractivity contribution in [3.8, 4) is 0 Å². The van der Waals surface area contributed by atoms with E-state index < -0.39 is 29.7 Å². The molecule has 1 fully saturated rings. The number of para-hydroxylation sites is 1. The van der Waals surface area contributed by atoms with E-state index in [0.29, 0.717) is 0 Å². The predicted molar refractivity (Wildman–Crippen MR) is 85.6 cm³/mol. The normalized spacial score (nSPS) is 18.2. The summed E-state index contributed by atoms with van der Waals surface area (Å²) in [4.78, 5) is 37.1. The Balaban J connectivity index is 1.98. The lowest BCUT2D eigenvalue weighted by atomic mass is 10.1. The molecule has 1 heterocycles. The van der Waals surface area contributed by atoms with Crippen LogP contribution < -0.4 is 10.2 Å². The average Bonchev–Trinajstić information content (AvgIpc) is 2.94. The molecule has 1 aliphatic heterocycles. The van der Waals surface area contributed by atoms with E-state index in [9.17, 15) is 18.8 Å². The monoisotopic (exact) mass is 334 g/mol. The van der Waals surface area contributed by atoms with Crippen molar-refractivity contribution in [1.82, 2.24) is 5.32 Å². The number of amides is 2. The SMILES string of the molecule is C=CCNC(=O)[C@H](C)OC(=O)[C@H]1CC(=O)N(c2ccccc2F)C1. The number of ether oxygens (including phenoxy) is 1. The van der Waals surface area contributed by atoms with E-state index in [0.717, 1.165) is 0 Å². The third-order valence-corrected chi connectivity index (χ3v) is 3.68. The fourth-order valence-electron chi connectivity index (χ4n) is 2.41. The van der Waals surface area contributed by atoms with Crippen molar-refractivity contribution < 1.29 is 23.5 Å². The molecule has 6 nitrogen and oxygen atoms in total. The van der Waals surface area contributed by atoms with Gasteiger partial charge in [-0.15, -0.1) is 6.58 Å². The third kappa shape index (κ3) is 3.98. The third-order valence-electron chi connectivity index (χ3n) is 3.68. The molecule has 1 aliphatic rings. The predicted octanol–water partition coefficient (Wildman–Crippen LogP) is 1.41. The van der Waals surface area contributed by atoms with E-state index >= 15 is 0 Å². The first-order valence-corrected chi connectivity index (χ1v) is 7.58. The Labute approximate surface area is 139 Å². The van der Waals surface area contributed by atoms with Gasteiger partial charge >= 0.3 is 5.97 Å².